The van der Waals surface area contributed by atoms with Crippen LogP contribution in [0.1, 0.15) is 17.0 Å². The summed E-state index contributed by atoms with van der Waals surface area (Å²) in [5.41, 5.74) is 3.17. The highest BCUT2D eigenvalue weighted by molar-refractivity contribution is 6.30. The zero-order valence-electron chi connectivity index (χ0n) is 15.7. The van der Waals surface area contributed by atoms with E-state index in [0.717, 1.165) is 16.9 Å². The van der Waals surface area contributed by atoms with Gasteiger partial charge in [0.25, 0.3) is 5.91 Å². The molecule has 3 aromatic rings. The zero-order valence-corrected chi connectivity index (χ0v) is 16.5. The van der Waals surface area contributed by atoms with Crippen LogP contribution in [-0.2, 0) is 9.63 Å². The number of anilines is 1. The molecule has 0 aromatic heterocycles. The Kier molecular flexibility index (Phi) is 5.49. The van der Waals surface area contributed by atoms with E-state index in [-0.39, 0.29) is 11.8 Å². The molecule has 0 bridgehead atoms. The number of benzene rings is 3. The molecule has 1 amide bonds. The van der Waals surface area contributed by atoms with Gasteiger partial charge in [-0.15, -0.1) is 0 Å². The van der Waals surface area contributed by atoms with Gasteiger partial charge in [-0.25, -0.2) is 0 Å². The van der Waals surface area contributed by atoms with Crippen LogP contribution in [0.2, 0.25) is 5.02 Å². The second-order valence-electron chi connectivity index (χ2n) is 6.62. The first-order chi connectivity index (χ1) is 14.2. The Morgan fingerprint density at radius 3 is 2.34 bits per heavy atom. The third kappa shape index (κ3) is 4.10. The van der Waals surface area contributed by atoms with Crippen molar-refractivity contribution in [3.05, 3.63) is 95.0 Å². The third-order valence-corrected chi connectivity index (χ3v) is 5.03. The Morgan fingerprint density at radius 2 is 1.69 bits per heavy atom. The first-order valence-corrected chi connectivity index (χ1v) is 9.53. The van der Waals surface area contributed by atoms with Gasteiger partial charge in [-0.2, -0.15) is 0 Å². The van der Waals surface area contributed by atoms with E-state index in [1.54, 1.807) is 43.5 Å². The van der Waals surface area contributed by atoms with E-state index in [1.807, 2.05) is 42.5 Å². The fourth-order valence-corrected chi connectivity index (χ4v) is 3.43. The summed E-state index contributed by atoms with van der Waals surface area (Å²) in [6.45, 7) is 0. The van der Waals surface area contributed by atoms with Crippen LogP contribution < -0.4 is 10.1 Å². The van der Waals surface area contributed by atoms with Crippen LogP contribution in [0.15, 0.2) is 84.0 Å². The molecule has 6 heteroatoms. The van der Waals surface area contributed by atoms with Crippen molar-refractivity contribution in [1.82, 2.24) is 0 Å². The van der Waals surface area contributed by atoms with Crippen LogP contribution >= 0.6 is 11.6 Å². The Labute approximate surface area is 173 Å². The lowest BCUT2D eigenvalue weighted by atomic mass is 9.86. The molecule has 5 nitrogen and oxygen atoms in total. The molecule has 3 aromatic carbocycles. The molecule has 0 fully saturated rings. The molecule has 0 radical (unpaired) electrons. The number of hydrogen-bond donors (Lipinski definition) is 1. The molecule has 0 aliphatic carbocycles. The van der Waals surface area contributed by atoms with Crippen LogP contribution in [0.4, 0.5) is 5.69 Å². The van der Waals surface area contributed by atoms with Crippen LogP contribution in [0.5, 0.6) is 5.75 Å². The summed E-state index contributed by atoms with van der Waals surface area (Å²) in [5.74, 6) is 0.114. The van der Waals surface area contributed by atoms with Crippen molar-refractivity contribution in [3.8, 4) is 5.75 Å². The minimum absolute atomic E-state index is 0.267. The van der Waals surface area contributed by atoms with Gasteiger partial charge in [-0.1, -0.05) is 59.2 Å². The molecule has 0 saturated carbocycles. The van der Waals surface area contributed by atoms with E-state index < -0.39 is 6.10 Å². The summed E-state index contributed by atoms with van der Waals surface area (Å²) in [4.78, 5) is 18.6. The largest absolute Gasteiger partial charge is 0.497 e. The third-order valence-electron chi connectivity index (χ3n) is 4.78. The monoisotopic (exact) mass is 406 g/mol. The lowest BCUT2D eigenvalue weighted by molar-refractivity contribution is -0.126. The smallest absolute Gasteiger partial charge is 0.269 e. The molecule has 1 aliphatic heterocycles. The Morgan fingerprint density at radius 1 is 1.00 bits per heavy atom. The number of halogens is 1. The minimum Gasteiger partial charge on any atom is -0.497 e. The number of rotatable bonds is 5. The molecule has 1 aliphatic rings. The van der Waals surface area contributed by atoms with E-state index >= 15 is 0 Å². The summed E-state index contributed by atoms with van der Waals surface area (Å²) < 4.78 is 5.16. The van der Waals surface area contributed by atoms with Gasteiger partial charge in [0.15, 0.2) is 0 Å². The van der Waals surface area contributed by atoms with Crippen LogP contribution in [0.3, 0.4) is 0 Å². The van der Waals surface area contributed by atoms with Crippen molar-refractivity contribution < 1.29 is 14.4 Å². The second-order valence-corrected chi connectivity index (χ2v) is 7.05. The average molecular weight is 407 g/mol. The van der Waals surface area contributed by atoms with Gasteiger partial charge in [-0.3, -0.25) is 4.79 Å². The standard InChI is InChI=1S/C23H19ClN2O3/c1-28-19-13-11-18(12-14-19)25-23(27)22-20(15-5-3-2-4-6-15)21(26-29-22)16-7-9-17(24)10-8-16/h2-14,20,22H,1H3,(H,25,27)/t20-,22-/m0/s1. The number of carbonyl (C=O) groups excluding carboxylic acids is 1. The fraction of sp³-hybridized carbons (Fsp3) is 0.130. The number of nitrogens with zero attached hydrogens (tertiary/aromatic N) is 1. The minimum atomic E-state index is -0.787. The number of ether oxygens (including phenoxy) is 1. The number of oxime groups is 1. The molecule has 0 saturated heterocycles. The van der Waals surface area contributed by atoms with Gasteiger partial charge in [0, 0.05) is 16.3 Å². The highest BCUT2D eigenvalue weighted by Gasteiger charge is 2.41. The topological polar surface area (TPSA) is 59.9 Å². The number of methoxy groups -OCH3 is 1. The van der Waals surface area contributed by atoms with Crippen molar-refractivity contribution in [2.75, 3.05) is 12.4 Å². The molecule has 2 atom stereocenters. The Balaban J connectivity index is 1.62. The van der Waals surface area contributed by atoms with E-state index in [9.17, 15) is 4.79 Å². The zero-order chi connectivity index (χ0) is 20.2. The summed E-state index contributed by atoms with van der Waals surface area (Å²) in [7, 11) is 1.60. The van der Waals surface area contributed by atoms with Crippen molar-refractivity contribution in [1.29, 1.82) is 0 Å². The van der Waals surface area contributed by atoms with E-state index in [4.69, 9.17) is 21.2 Å². The lowest BCUT2D eigenvalue weighted by Gasteiger charge is -2.19. The number of carbonyl (C=O) groups is 1. The molecule has 1 heterocycles. The van der Waals surface area contributed by atoms with Gasteiger partial charge < -0.3 is 14.9 Å². The number of amides is 1. The molecule has 1 N–H and O–H groups in total. The van der Waals surface area contributed by atoms with Gasteiger partial charge in [0.1, 0.15) is 5.75 Å². The summed E-state index contributed by atoms with van der Waals surface area (Å²) >= 11 is 6.02. The molecular weight excluding hydrogens is 388 g/mol. The van der Waals surface area contributed by atoms with Crippen LogP contribution in [0, 0.1) is 0 Å². The first-order valence-electron chi connectivity index (χ1n) is 9.15. The van der Waals surface area contributed by atoms with E-state index in [0.29, 0.717) is 16.4 Å². The maximum absolute atomic E-state index is 13.0. The van der Waals surface area contributed by atoms with Crippen molar-refractivity contribution in [2.24, 2.45) is 5.16 Å². The SMILES string of the molecule is COc1ccc(NC(=O)[C@H]2ON=C(c3ccc(Cl)cc3)[C@@H]2c2ccccc2)cc1. The highest BCUT2D eigenvalue weighted by atomic mass is 35.5. The lowest BCUT2D eigenvalue weighted by Crippen LogP contribution is -2.34. The number of hydrogen-bond acceptors (Lipinski definition) is 4. The van der Waals surface area contributed by atoms with Gasteiger partial charge in [0.2, 0.25) is 6.10 Å². The summed E-state index contributed by atoms with van der Waals surface area (Å²) in [6, 6.07) is 24.2. The normalized spacial score (nSPS) is 17.9. The fourth-order valence-electron chi connectivity index (χ4n) is 3.31. The van der Waals surface area contributed by atoms with Gasteiger partial charge in [-0.05, 0) is 42.0 Å². The van der Waals surface area contributed by atoms with Crippen LogP contribution in [0.25, 0.3) is 0 Å². The summed E-state index contributed by atoms with van der Waals surface area (Å²) in [5, 5.41) is 7.80. The quantitative estimate of drug-likeness (QED) is 0.657. The average Bonchev–Trinajstić information content (AvgIpc) is 3.21. The maximum Gasteiger partial charge on any atom is 0.269 e. The number of nitrogens with one attached hydrogen (secondary N) is 1. The molecular formula is C23H19ClN2O3. The van der Waals surface area contributed by atoms with Gasteiger partial charge >= 0.3 is 0 Å². The highest BCUT2D eigenvalue weighted by Crippen LogP contribution is 2.33. The van der Waals surface area contributed by atoms with Gasteiger partial charge in [0.05, 0.1) is 18.7 Å². The second kappa shape index (κ2) is 8.37. The maximum atomic E-state index is 13.0. The molecule has 0 spiro atoms. The summed E-state index contributed by atoms with van der Waals surface area (Å²) in [6.07, 6.45) is -0.787. The Bertz CT molecular complexity index is 1020. The van der Waals surface area contributed by atoms with Crippen molar-refractivity contribution >= 4 is 28.9 Å². The predicted molar refractivity (Wildman–Crippen MR) is 114 cm³/mol. The van der Waals surface area contributed by atoms with E-state index in [2.05, 4.69) is 10.5 Å². The molecule has 146 valence electrons. The van der Waals surface area contributed by atoms with Crippen molar-refractivity contribution in [2.45, 2.75) is 12.0 Å². The molecule has 4 rings (SSSR count). The van der Waals surface area contributed by atoms with Crippen LogP contribution in [-0.4, -0.2) is 24.8 Å². The molecule has 0 unspecified atom stereocenters. The first kappa shape index (κ1) is 19.0. The Hall–Kier alpha value is -3.31. The predicted octanol–water partition coefficient (Wildman–Crippen LogP) is 4.87. The van der Waals surface area contributed by atoms with E-state index in [1.165, 1.54) is 0 Å². The molecule has 29 heavy (non-hydrogen) atoms. The van der Waals surface area contributed by atoms with Crippen molar-refractivity contribution in [3.63, 3.8) is 0 Å².